The van der Waals surface area contributed by atoms with Crippen molar-refractivity contribution in [1.29, 1.82) is 5.26 Å². The molecule has 3 aromatic rings. The van der Waals surface area contributed by atoms with Crippen LogP contribution in [0.5, 0.6) is 0 Å². The number of sulfonamides is 1. The van der Waals surface area contributed by atoms with Gasteiger partial charge in [0.25, 0.3) is 0 Å². The molecule has 2 aromatic heterocycles. The minimum atomic E-state index is -3.53. The van der Waals surface area contributed by atoms with E-state index in [2.05, 4.69) is 6.07 Å². The summed E-state index contributed by atoms with van der Waals surface area (Å²) in [4.78, 5) is 12.4. The standard InChI is InChI=1S/C23H23N3O5S/c24-15-21-19(16-25-10-2-1-3-22(21)25)17-31-23(27)9-6-18-4-7-20(8-5-18)32(28,29)26-11-13-30-14-12-26/h1-5,7-8,10,16H,6,9,11-14,17H2. The normalized spacial score (nSPS) is 14.8. The summed E-state index contributed by atoms with van der Waals surface area (Å²) in [6.45, 7) is 1.52. The number of pyridine rings is 1. The van der Waals surface area contributed by atoms with Crippen molar-refractivity contribution in [2.75, 3.05) is 26.3 Å². The van der Waals surface area contributed by atoms with Crippen LogP contribution in [0, 0.1) is 11.3 Å². The maximum atomic E-state index is 12.7. The van der Waals surface area contributed by atoms with Crippen LogP contribution in [0.2, 0.25) is 0 Å². The van der Waals surface area contributed by atoms with E-state index in [0.29, 0.717) is 43.9 Å². The minimum absolute atomic E-state index is 0.0279. The van der Waals surface area contributed by atoms with E-state index in [4.69, 9.17) is 9.47 Å². The summed E-state index contributed by atoms with van der Waals surface area (Å²) < 4.78 is 39.2. The molecule has 0 bridgehead atoms. The Kier molecular flexibility index (Phi) is 6.55. The number of rotatable bonds is 7. The van der Waals surface area contributed by atoms with Gasteiger partial charge < -0.3 is 13.9 Å². The predicted octanol–water partition coefficient (Wildman–Crippen LogP) is 2.51. The molecule has 9 heteroatoms. The molecule has 0 amide bonds. The molecule has 1 aliphatic heterocycles. The minimum Gasteiger partial charge on any atom is -0.461 e. The van der Waals surface area contributed by atoms with E-state index < -0.39 is 10.0 Å². The van der Waals surface area contributed by atoms with Crippen molar-refractivity contribution in [3.63, 3.8) is 0 Å². The number of hydrogen-bond acceptors (Lipinski definition) is 6. The van der Waals surface area contributed by atoms with Gasteiger partial charge in [-0.2, -0.15) is 9.57 Å². The molecule has 1 aromatic carbocycles. The van der Waals surface area contributed by atoms with Gasteiger partial charge in [-0.1, -0.05) is 18.2 Å². The fraction of sp³-hybridized carbons (Fsp3) is 0.304. The molecule has 0 atom stereocenters. The summed E-state index contributed by atoms with van der Waals surface area (Å²) in [5, 5.41) is 9.43. The third-order valence-electron chi connectivity index (χ3n) is 5.41. The number of morpholine rings is 1. The first-order valence-electron chi connectivity index (χ1n) is 10.3. The zero-order valence-corrected chi connectivity index (χ0v) is 18.3. The number of fused-ring (bicyclic) bond motifs is 1. The average molecular weight is 454 g/mol. The average Bonchev–Trinajstić information content (AvgIpc) is 3.19. The van der Waals surface area contributed by atoms with E-state index in [1.807, 2.05) is 28.8 Å². The monoisotopic (exact) mass is 453 g/mol. The number of esters is 1. The van der Waals surface area contributed by atoms with Crippen LogP contribution in [0.3, 0.4) is 0 Å². The fourth-order valence-corrected chi connectivity index (χ4v) is 5.06. The van der Waals surface area contributed by atoms with Crippen molar-refractivity contribution in [2.24, 2.45) is 0 Å². The van der Waals surface area contributed by atoms with Crippen molar-refractivity contribution in [3.8, 4) is 6.07 Å². The SMILES string of the molecule is N#Cc1c(COC(=O)CCc2ccc(S(=O)(=O)N3CCOCC3)cc2)cn2ccccc12. The number of benzene rings is 1. The predicted molar refractivity (Wildman–Crippen MR) is 116 cm³/mol. The first-order chi connectivity index (χ1) is 15.5. The molecule has 1 aliphatic rings. The number of carbonyl (C=O) groups excluding carboxylic acids is 1. The van der Waals surface area contributed by atoms with E-state index in [0.717, 1.165) is 11.1 Å². The van der Waals surface area contributed by atoms with Gasteiger partial charge in [0.1, 0.15) is 12.7 Å². The smallest absolute Gasteiger partial charge is 0.306 e. The zero-order valence-electron chi connectivity index (χ0n) is 17.4. The number of aryl methyl sites for hydroxylation is 1. The van der Waals surface area contributed by atoms with Gasteiger partial charge >= 0.3 is 5.97 Å². The van der Waals surface area contributed by atoms with E-state index >= 15 is 0 Å². The molecule has 0 radical (unpaired) electrons. The number of nitrogens with zero attached hydrogens (tertiary/aromatic N) is 3. The maximum absolute atomic E-state index is 12.7. The second kappa shape index (κ2) is 9.53. The largest absolute Gasteiger partial charge is 0.461 e. The molecule has 0 N–H and O–H groups in total. The highest BCUT2D eigenvalue weighted by atomic mass is 32.2. The number of aromatic nitrogens is 1. The third kappa shape index (κ3) is 4.67. The first-order valence-corrected chi connectivity index (χ1v) is 11.7. The molecule has 0 spiro atoms. The Bertz CT molecular complexity index is 1250. The van der Waals surface area contributed by atoms with Crippen molar-refractivity contribution < 1.29 is 22.7 Å². The Labute approximate surface area is 186 Å². The van der Waals surface area contributed by atoms with Gasteiger partial charge in [-0.15, -0.1) is 0 Å². The molecule has 8 nitrogen and oxygen atoms in total. The number of ether oxygens (including phenoxy) is 2. The number of carbonyl (C=O) groups is 1. The molecule has 0 aliphatic carbocycles. The van der Waals surface area contributed by atoms with Gasteiger partial charge in [0.2, 0.25) is 10.0 Å². The lowest BCUT2D eigenvalue weighted by Crippen LogP contribution is -2.40. The molecule has 166 valence electrons. The first kappa shape index (κ1) is 22.0. The van der Waals surface area contributed by atoms with E-state index in [9.17, 15) is 18.5 Å². The molecule has 4 rings (SSSR count). The fourth-order valence-electron chi connectivity index (χ4n) is 3.66. The zero-order chi connectivity index (χ0) is 22.6. The molecular formula is C23H23N3O5S. The summed E-state index contributed by atoms with van der Waals surface area (Å²) in [7, 11) is -3.53. The molecule has 3 heterocycles. The Morgan fingerprint density at radius 2 is 1.88 bits per heavy atom. The Balaban J connectivity index is 1.32. The number of hydrogen-bond donors (Lipinski definition) is 0. The Morgan fingerprint density at radius 1 is 1.12 bits per heavy atom. The topological polar surface area (TPSA) is 101 Å². The van der Waals surface area contributed by atoms with Crippen molar-refractivity contribution >= 4 is 21.5 Å². The summed E-state index contributed by atoms with van der Waals surface area (Å²) in [6, 6.07) is 14.3. The number of nitriles is 1. The van der Waals surface area contributed by atoms with Crippen molar-refractivity contribution in [3.05, 3.63) is 71.5 Å². The van der Waals surface area contributed by atoms with Crippen molar-refractivity contribution in [2.45, 2.75) is 24.3 Å². The summed E-state index contributed by atoms with van der Waals surface area (Å²) in [5.74, 6) is -0.380. The van der Waals surface area contributed by atoms with Crippen LogP contribution in [-0.4, -0.2) is 49.4 Å². The van der Waals surface area contributed by atoms with Crippen LogP contribution in [0.15, 0.2) is 59.8 Å². The van der Waals surface area contributed by atoms with Crippen molar-refractivity contribution in [1.82, 2.24) is 8.71 Å². The summed E-state index contributed by atoms with van der Waals surface area (Å²) in [6.07, 6.45) is 4.21. The van der Waals surface area contributed by atoms with Gasteiger partial charge in [-0.25, -0.2) is 8.42 Å². The Hall–Kier alpha value is -3.19. The van der Waals surface area contributed by atoms with Gasteiger partial charge in [0, 0.05) is 37.5 Å². The molecule has 1 saturated heterocycles. The van der Waals surface area contributed by atoms with E-state index in [1.54, 1.807) is 30.5 Å². The van der Waals surface area contributed by atoms with Crippen LogP contribution >= 0.6 is 0 Å². The third-order valence-corrected chi connectivity index (χ3v) is 7.32. The van der Waals surface area contributed by atoms with Crippen LogP contribution in [0.1, 0.15) is 23.1 Å². The van der Waals surface area contributed by atoms with E-state index in [1.165, 1.54) is 4.31 Å². The summed E-state index contributed by atoms with van der Waals surface area (Å²) >= 11 is 0. The highest BCUT2D eigenvalue weighted by molar-refractivity contribution is 7.89. The van der Waals surface area contributed by atoms with Gasteiger partial charge in [0.15, 0.2) is 0 Å². The van der Waals surface area contributed by atoms with Gasteiger partial charge in [-0.05, 0) is 36.2 Å². The second-order valence-electron chi connectivity index (χ2n) is 7.46. The van der Waals surface area contributed by atoms with Crippen LogP contribution in [0.25, 0.3) is 5.52 Å². The quantitative estimate of drug-likeness (QED) is 0.510. The Morgan fingerprint density at radius 3 is 2.59 bits per heavy atom. The lowest BCUT2D eigenvalue weighted by atomic mass is 10.1. The van der Waals surface area contributed by atoms with Gasteiger partial charge in [-0.3, -0.25) is 4.79 Å². The van der Waals surface area contributed by atoms with Crippen LogP contribution in [-0.2, 0) is 37.3 Å². The lowest BCUT2D eigenvalue weighted by Gasteiger charge is -2.26. The van der Waals surface area contributed by atoms with Gasteiger partial charge in [0.05, 0.1) is 29.2 Å². The van der Waals surface area contributed by atoms with Crippen LogP contribution < -0.4 is 0 Å². The molecule has 0 unspecified atom stereocenters. The lowest BCUT2D eigenvalue weighted by molar-refractivity contribution is -0.144. The maximum Gasteiger partial charge on any atom is 0.306 e. The highest BCUT2D eigenvalue weighted by Gasteiger charge is 2.26. The molecular weight excluding hydrogens is 430 g/mol. The molecule has 32 heavy (non-hydrogen) atoms. The molecule has 1 fully saturated rings. The second-order valence-corrected chi connectivity index (χ2v) is 9.39. The summed E-state index contributed by atoms with van der Waals surface area (Å²) in [5.41, 5.74) is 2.77. The van der Waals surface area contributed by atoms with Crippen LogP contribution in [0.4, 0.5) is 0 Å². The highest BCUT2D eigenvalue weighted by Crippen LogP contribution is 2.20. The molecule has 0 saturated carbocycles. The van der Waals surface area contributed by atoms with E-state index in [-0.39, 0.29) is 23.9 Å².